The number of rotatable bonds is 4. The molecule has 1 atom stereocenters. The molecule has 0 radical (unpaired) electrons. The third kappa shape index (κ3) is 2.52. The van der Waals surface area contributed by atoms with Crippen molar-refractivity contribution in [2.75, 3.05) is 0 Å². The van der Waals surface area contributed by atoms with Gasteiger partial charge >= 0.3 is 0 Å². The first-order valence-corrected chi connectivity index (χ1v) is 8.65. The average Bonchev–Trinajstić information content (AvgIpc) is 3.16. The monoisotopic (exact) mass is 356 g/mol. The maximum atomic E-state index is 12.5. The van der Waals surface area contributed by atoms with Gasteiger partial charge in [-0.2, -0.15) is 4.98 Å². The third-order valence-corrected chi connectivity index (χ3v) is 5.95. The van der Waals surface area contributed by atoms with E-state index >= 15 is 0 Å². The molecule has 0 aliphatic heterocycles. The number of aromatic nitrogens is 2. The van der Waals surface area contributed by atoms with Gasteiger partial charge in [0, 0.05) is 10.4 Å². The highest BCUT2D eigenvalue weighted by Gasteiger charge is 2.33. The normalized spacial score (nSPS) is 17.1. The summed E-state index contributed by atoms with van der Waals surface area (Å²) in [6, 6.07) is 6.52. The number of benzene rings is 1. The summed E-state index contributed by atoms with van der Waals surface area (Å²) in [7, 11) is -3.52. The van der Waals surface area contributed by atoms with Crippen LogP contribution in [0.2, 0.25) is 0 Å². The van der Waals surface area contributed by atoms with Gasteiger partial charge in [-0.1, -0.05) is 21.1 Å². The van der Waals surface area contributed by atoms with Crippen LogP contribution in [0.5, 0.6) is 0 Å². The van der Waals surface area contributed by atoms with Crippen LogP contribution < -0.4 is 0 Å². The molecule has 3 rings (SSSR count). The Morgan fingerprint density at radius 1 is 1.30 bits per heavy atom. The minimum atomic E-state index is -3.52. The second kappa shape index (κ2) is 4.96. The lowest BCUT2D eigenvalue weighted by atomic mass is 10.4. The van der Waals surface area contributed by atoms with Crippen molar-refractivity contribution in [3.05, 3.63) is 40.5 Å². The SMILES string of the molecule is CC(c1nc(C2CC2)no1)S(=O)(=O)c1ccc(Br)cc1. The van der Waals surface area contributed by atoms with Gasteiger partial charge in [0.25, 0.3) is 0 Å². The van der Waals surface area contributed by atoms with Crippen molar-refractivity contribution in [3.8, 4) is 0 Å². The molecule has 5 nitrogen and oxygen atoms in total. The van der Waals surface area contributed by atoms with Gasteiger partial charge in [0.05, 0.1) is 4.90 Å². The molecule has 0 amide bonds. The van der Waals surface area contributed by atoms with Crippen molar-refractivity contribution in [1.82, 2.24) is 10.1 Å². The molecule has 106 valence electrons. The lowest BCUT2D eigenvalue weighted by molar-refractivity contribution is 0.371. The summed E-state index contributed by atoms with van der Waals surface area (Å²) in [6.45, 7) is 1.57. The van der Waals surface area contributed by atoms with Crippen LogP contribution in [0.25, 0.3) is 0 Å². The molecule has 0 N–H and O–H groups in total. The summed E-state index contributed by atoms with van der Waals surface area (Å²) in [6.07, 6.45) is 2.10. The van der Waals surface area contributed by atoms with E-state index in [2.05, 4.69) is 26.1 Å². The Morgan fingerprint density at radius 3 is 2.55 bits per heavy atom. The smallest absolute Gasteiger partial charge is 0.245 e. The number of halogens is 1. The molecular formula is C13H13BrN2O3S. The van der Waals surface area contributed by atoms with Gasteiger partial charge in [0.15, 0.2) is 15.7 Å². The van der Waals surface area contributed by atoms with Crippen molar-refractivity contribution in [2.24, 2.45) is 0 Å². The lowest BCUT2D eigenvalue weighted by Crippen LogP contribution is -2.11. The quantitative estimate of drug-likeness (QED) is 0.840. The number of hydrogen-bond acceptors (Lipinski definition) is 5. The highest BCUT2D eigenvalue weighted by atomic mass is 79.9. The standard InChI is InChI=1S/C13H13BrN2O3S/c1-8(13-15-12(16-19-13)9-2-3-9)20(17,18)11-6-4-10(14)5-7-11/h4-9H,2-3H2,1H3. The van der Waals surface area contributed by atoms with Crippen molar-refractivity contribution < 1.29 is 12.9 Å². The van der Waals surface area contributed by atoms with Crippen LogP contribution in [0.1, 0.15) is 42.6 Å². The zero-order valence-electron chi connectivity index (χ0n) is 10.8. The minimum absolute atomic E-state index is 0.162. The number of sulfone groups is 1. The Hall–Kier alpha value is -1.21. The van der Waals surface area contributed by atoms with Crippen molar-refractivity contribution in [3.63, 3.8) is 0 Å². The Bertz CT molecular complexity index is 720. The van der Waals surface area contributed by atoms with Crippen LogP contribution in [0.15, 0.2) is 38.2 Å². The minimum Gasteiger partial charge on any atom is -0.338 e. The molecule has 20 heavy (non-hydrogen) atoms. The Kier molecular flexibility index (Phi) is 3.41. The van der Waals surface area contributed by atoms with Crippen LogP contribution in [0.3, 0.4) is 0 Å². The van der Waals surface area contributed by atoms with Crippen LogP contribution in [0, 0.1) is 0 Å². The molecule has 0 saturated heterocycles. The first kappa shape index (κ1) is 13.8. The van der Waals surface area contributed by atoms with E-state index < -0.39 is 15.1 Å². The van der Waals surface area contributed by atoms with Crippen molar-refractivity contribution >= 4 is 25.8 Å². The van der Waals surface area contributed by atoms with Gasteiger partial charge in [0.1, 0.15) is 5.25 Å². The molecule has 1 saturated carbocycles. The molecule has 1 unspecified atom stereocenters. The van der Waals surface area contributed by atoms with Crippen LogP contribution >= 0.6 is 15.9 Å². The largest absolute Gasteiger partial charge is 0.338 e. The Labute approximate surface area is 125 Å². The van der Waals surface area contributed by atoms with Gasteiger partial charge in [-0.15, -0.1) is 0 Å². The molecule has 1 aromatic carbocycles. The van der Waals surface area contributed by atoms with E-state index in [4.69, 9.17) is 4.52 Å². The molecule has 7 heteroatoms. The van der Waals surface area contributed by atoms with E-state index in [0.717, 1.165) is 17.3 Å². The van der Waals surface area contributed by atoms with Crippen molar-refractivity contribution in [2.45, 2.75) is 35.8 Å². The lowest BCUT2D eigenvalue weighted by Gasteiger charge is -2.08. The van der Waals surface area contributed by atoms with E-state index in [1.807, 2.05) is 0 Å². The highest BCUT2D eigenvalue weighted by molar-refractivity contribution is 9.10. The number of nitrogens with zero attached hydrogens (tertiary/aromatic N) is 2. The second-order valence-corrected chi connectivity index (χ2v) is 8.09. The fourth-order valence-electron chi connectivity index (χ4n) is 1.88. The molecular weight excluding hydrogens is 344 g/mol. The number of hydrogen-bond donors (Lipinski definition) is 0. The molecule has 1 heterocycles. The molecule has 1 aromatic heterocycles. The first-order valence-electron chi connectivity index (χ1n) is 6.31. The van der Waals surface area contributed by atoms with Gasteiger partial charge < -0.3 is 4.52 Å². The van der Waals surface area contributed by atoms with E-state index in [-0.39, 0.29) is 10.8 Å². The van der Waals surface area contributed by atoms with E-state index in [9.17, 15) is 8.42 Å². The molecule has 0 spiro atoms. The van der Waals surface area contributed by atoms with Crippen LogP contribution in [-0.4, -0.2) is 18.6 Å². The molecule has 1 aliphatic carbocycles. The second-order valence-electron chi connectivity index (χ2n) is 4.91. The fraction of sp³-hybridized carbons (Fsp3) is 0.385. The van der Waals surface area contributed by atoms with Gasteiger partial charge in [-0.05, 0) is 44.0 Å². The maximum Gasteiger partial charge on any atom is 0.245 e. The maximum absolute atomic E-state index is 12.5. The summed E-state index contributed by atoms with van der Waals surface area (Å²) < 4.78 is 30.9. The molecule has 1 fully saturated rings. The molecule has 2 aromatic rings. The Morgan fingerprint density at radius 2 is 1.95 bits per heavy atom. The van der Waals surface area contributed by atoms with Crippen LogP contribution in [0.4, 0.5) is 0 Å². The van der Waals surface area contributed by atoms with E-state index in [0.29, 0.717) is 11.7 Å². The highest BCUT2D eigenvalue weighted by Crippen LogP contribution is 2.39. The topological polar surface area (TPSA) is 73.1 Å². The van der Waals surface area contributed by atoms with Gasteiger partial charge in [0.2, 0.25) is 5.89 Å². The average molecular weight is 357 g/mol. The predicted octanol–water partition coefficient (Wildman–Crippen LogP) is 3.24. The third-order valence-electron chi connectivity index (χ3n) is 3.36. The zero-order valence-corrected chi connectivity index (χ0v) is 13.2. The molecule has 1 aliphatic rings. The fourth-order valence-corrected chi connectivity index (χ4v) is 3.43. The van der Waals surface area contributed by atoms with Gasteiger partial charge in [-0.3, -0.25) is 0 Å². The Balaban J connectivity index is 1.90. The summed E-state index contributed by atoms with van der Waals surface area (Å²) >= 11 is 3.28. The van der Waals surface area contributed by atoms with Crippen molar-refractivity contribution in [1.29, 1.82) is 0 Å². The summed E-state index contributed by atoms with van der Waals surface area (Å²) in [5, 5.41) is 3.02. The van der Waals surface area contributed by atoms with E-state index in [1.54, 1.807) is 31.2 Å². The first-order chi connectivity index (χ1) is 9.48. The summed E-state index contributed by atoms with van der Waals surface area (Å²) in [4.78, 5) is 4.46. The summed E-state index contributed by atoms with van der Waals surface area (Å²) in [5.74, 6) is 1.13. The van der Waals surface area contributed by atoms with Crippen LogP contribution in [-0.2, 0) is 9.84 Å². The predicted molar refractivity (Wildman–Crippen MR) is 76.0 cm³/mol. The van der Waals surface area contributed by atoms with Gasteiger partial charge in [-0.25, -0.2) is 8.42 Å². The molecule has 0 bridgehead atoms. The van der Waals surface area contributed by atoms with E-state index in [1.165, 1.54) is 0 Å². The summed E-state index contributed by atoms with van der Waals surface area (Å²) in [5.41, 5.74) is 0. The zero-order chi connectivity index (χ0) is 14.3.